The summed E-state index contributed by atoms with van der Waals surface area (Å²) >= 11 is 0. The second-order valence-electron chi connectivity index (χ2n) is 5.83. The number of hydrogen-bond donors (Lipinski definition) is 0. The number of anilines is 1. The van der Waals surface area contributed by atoms with Crippen molar-refractivity contribution in [3.05, 3.63) is 64.5 Å². The van der Waals surface area contributed by atoms with Gasteiger partial charge in [-0.05, 0) is 12.5 Å². The number of unbranched alkanes of at least 4 members (excludes halogenated alkanes) is 1. The van der Waals surface area contributed by atoms with E-state index >= 15 is 0 Å². The van der Waals surface area contributed by atoms with Gasteiger partial charge in [0.2, 0.25) is 0 Å². The topological polar surface area (TPSA) is 59.5 Å². The third-order valence-corrected chi connectivity index (χ3v) is 3.76. The van der Waals surface area contributed by atoms with Crippen molar-refractivity contribution in [2.75, 3.05) is 25.6 Å². The van der Waals surface area contributed by atoms with Gasteiger partial charge in [0.05, 0.1) is 17.1 Å². The van der Waals surface area contributed by atoms with E-state index < -0.39 is 0 Å². The van der Waals surface area contributed by atoms with Gasteiger partial charge in [-0.15, -0.1) is 0 Å². The number of hydrogen-bond acceptors (Lipinski definition) is 4. The summed E-state index contributed by atoms with van der Waals surface area (Å²) < 4.78 is 7.95. The highest BCUT2D eigenvalue weighted by molar-refractivity contribution is 5.41. The Labute approximate surface area is 142 Å². The number of non-ortho nitro benzene ring substituents is 1. The van der Waals surface area contributed by atoms with Crippen LogP contribution in [-0.2, 0) is 4.74 Å². The van der Waals surface area contributed by atoms with E-state index in [1.165, 1.54) is 6.07 Å². The van der Waals surface area contributed by atoms with Gasteiger partial charge < -0.3 is 9.64 Å². The average Bonchev–Trinajstić information content (AvgIpc) is 2.59. The Morgan fingerprint density at radius 3 is 2.54 bits per heavy atom. The Hall–Kier alpha value is -2.47. The Kier molecular flexibility index (Phi) is 6.26. The van der Waals surface area contributed by atoms with Gasteiger partial charge in [-0.2, -0.15) is 4.57 Å². The zero-order valence-electron chi connectivity index (χ0n) is 14.4. The van der Waals surface area contributed by atoms with E-state index in [2.05, 4.69) is 6.92 Å². The lowest BCUT2D eigenvalue weighted by atomic mass is 10.1. The van der Waals surface area contributed by atoms with Crippen LogP contribution in [0.4, 0.5) is 11.4 Å². The number of pyridine rings is 1. The van der Waals surface area contributed by atoms with E-state index in [0.29, 0.717) is 6.61 Å². The SMILES string of the molecule is CCCCOC(c1cccc([N+](=O)[O-])c1)[n+]1ccc(N(C)C)cc1. The molecule has 1 heterocycles. The number of rotatable bonds is 8. The molecular formula is C18H24N3O3+. The van der Waals surface area contributed by atoms with Crippen molar-refractivity contribution >= 4 is 11.4 Å². The summed E-state index contributed by atoms with van der Waals surface area (Å²) in [6, 6.07) is 10.6. The molecular weight excluding hydrogens is 306 g/mol. The molecule has 0 aliphatic carbocycles. The van der Waals surface area contributed by atoms with Crippen LogP contribution in [0.5, 0.6) is 0 Å². The standard InChI is InChI=1S/C18H24N3O3/c1-4-5-13-24-18(15-7-6-8-17(14-15)21(22)23)20-11-9-16(10-12-20)19(2)3/h6-12,14,18H,4-5,13H2,1-3H3/q+1. The fourth-order valence-electron chi connectivity index (χ4n) is 2.37. The molecule has 0 fully saturated rings. The molecule has 0 spiro atoms. The molecule has 1 aromatic heterocycles. The van der Waals surface area contributed by atoms with Gasteiger partial charge in [-0.3, -0.25) is 10.1 Å². The highest BCUT2D eigenvalue weighted by atomic mass is 16.6. The molecule has 6 nitrogen and oxygen atoms in total. The lowest BCUT2D eigenvalue weighted by Crippen LogP contribution is -2.41. The largest absolute Gasteiger partial charge is 0.377 e. The summed E-state index contributed by atoms with van der Waals surface area (Å²) in [4.78, 5) is 12.7. The molecule has 128 valence electrons. The smallest absolute Gasteiger partial charge is 0.289 e. The zero-order chi connectivity index (χ0) is 17.5. The second kappa shape index (κ2) is 8.40. The number of nitro benzene ring substituents is 1. The average molecular weight is 330 g/mol. The predicted octanol–water partition coefficient (Wildman–Crippen LogP) is 3.31. The molecule has 0 N–H and O–H groups in total. The molecule has 24 heavy (non-hydrogen) atoms. The fourth-order valence-corrected chi connectivity index (χ4v) is 2.37. The van der Waals surface area contributed by atoms with Crippen LogP contribution >= 0.6 is 0 Å². The quantitative estimate of drug-likeness (QED) is 0.322. The normalized spacial score (nSPS) is 12.0. The summed E-state index contributed by atoms with van der Waals surface area (Å²) in [6.45, 7) is 2.71. The van der Waals surface area contributed by atoms with E-state index in [0.717, 1.165) is 24.1 Å². The molecule has 0 saturated heterocycles. The molecule has 1 unspecified atom stereocenters. The summed E-state index contributed by atoms with van der Waals surface area (Å²) in [7, 11) is 3.96. The number of benzene rings is 1. The lowest BCUT2D eigenvalue weighted by Gasteiger charge is -2.15. The van der Waals surface area contributed by atoms with Crippen molar-refractivity contribution in [3.63, 3.8) is 0 Å². The maximum atomic E-state index is 11.0. The molecule has 0 aliphatic heterocycles. The van der Waals surface area contributed by atoms with Gasteiger partial charge in [-0.25, -0.2) is 0 Å². The maximum absolute atomic E-state index is 11.0. The van der Waals surface area contributed by atoms with Gasteiger partial charge in [0.1, 0.15) is 0 Å². The minimum Gasteiger partial charge on any atom is -0.377 e. The molecule has 2 rings (SSSR count). The summed E-state index contributed by atoms with van der Waals surface area (Å²) in [6.07, 6.45) is 5.47. The number of nitrogens with zero attached hydrogens (tertiary/aromatic N) is 3. The number of ether oxygens (including phenoxy) is 1. The highest BCUT2D eigenvalue weighted by Gasteiger charge is 2.23. The van der Waals surface area contributed by atoms with Crippen LogP contribution in [0.3, 0.4) is 0 Å². The van der Waals surface area contributed by atoms with Crippen molar-refractivity contribution < 1.29 is 14.2 Å². The minimum atomic E-state index is -0.383. The van der Waals surface area contributed by atoms with Gasteiger partial charge in [0.15, 0.2) is 12.4 Å². The molecule has 6 heteroatoms. The van der Waals surface area contributed by atoms with Gasteiger partial charge in [0, 0.05) is 44.0 Å². The molecule has 0 radical (unpaired) electrons. The van der Waals surface area contributed by atoms with Crippen LogP contribution in [0.15, 0.2) is 48.8 Å². The molecule has 0 saturated carbocycles. The summed E-state index contributed by atoms with van der Waals surface area (Å²) in [5, 5.41) is 11.0. The van der Waals surface area contributed by atoms with Crippen LogP contribution in [0.25, 0.3) is 0 Å². The Morgan fingerprint density at radius 1 is 1.25 bits per heavy atom. The van der Waals surface area contributed by atoms with E-state index in [4.69, 9.17) is 4.74 Å². The monoisotopic (exact) mass is 330 g/mol. The summed E-state index contributed by atoms with van der Waals surface area (Å²) in [5.41, 5.74) is 1.92. The highest BCUT2D eigenvalue weighted by Crippen LogP contribution is 2.21. The van der Waals surface area contributed by atoms with Crippen LogP contribution in [0, 0.1) is 10.1 Å². The maximum Gasteiger partial charge on any atom is 0.289 e. The first kappa shape index (κ1) is 17.9. The lowest BCUT2D eigenvalue weighted by molar-refractivity contribution is -0.752. The predicted molar refractivity (Wildman–Crippen MR) is 93.1 cm³/mol. The van der Waals surface area contributed by atoms with Crippen molar-refractivity contribution in [1.29, 1.82) is 0 Å². The van der Waals surface area contributed by atoms with E-state index in [9.17, 15) is 10.1 Å². The summed E-state index contributed by atoms with van der Waals surface area (Å²) in [5.74, 6) is 0. The van der Waals surface area contributed by atoms with Crippen LogP contribution in [-0.4, -0.2) is 25.6 Å². The first-order valence-corrected chi connectivity index (χ1v) is 8.07. The molecule has 1 aromatic carbocycles. The first-order chi connectivity index (χ1) is 11.5. The van der Waals surface area contributed by atoms with Crippen LogP contribution in [0.1, 0.15) is 31.6 Å². The Morgan fingerprint density at radius 2 is 1.96 bits per heavy atom. The fraction of sp³-hybridized carbons (Fsp3) is 0.389. The third kappa shape index (κ3) is 4.52. The van der Waals surface area contributed by atoms with E-state index in [-0.39, 0.29) is 16.8 Å². The molecule has 0 aliphatic rings. The Bertz CT molecular complexity index is 671. The molecule has 0 bridgehead atoms. The number of aromatic nitrogens is 1. The van der Waals surface area contributed by atoms with Crippen molar-refractivity contribution in [3.8, 4) is 0 Å². The van der Waals surface area contributed by atoms with Gasteiger partial charge >= 0.3 is 0 Å². The van der Waals surface area contributed by atoms with Gasteiger partial charge in [-0.1, -0.05) is 19.4 Å². The molecule has 2 aromatic rings. The van der Waals surface area contributed by atoms with Crippen molar-refractivity contribution in [2.45, 2.75) is 26.0 Å². The van der Waals surface area contributed by atoms with E-state index in [1.54, 1.807) is 12.1 Å². The van der Waals surface area contributed by atoms with E-state index in [1.807, 2.05) is 54.2 Å². The van der Waals surface area contributed by atoms with Crippen LogP contribution in [0.2, 0.25) is 0 Å². The van der Waals surface area contributed by atoms with Crippen LogP contribution < -0.4 is 9.47 Å². The van der Waals surface area contributed by atoms with Crippen molar-refractivity contribution in [1.82, 2.24) is 0 Å². The molecule has 1 atom stereocenters. The number of nitro groups is 1. The molecule has 0 amide bonds. The second-order valence-corrected chi connectivity index (χ2v) is 5.83. The van der Waals surface area contributed by atoms with Gasteiger partial charge in [0.25, 0.3) is 11.9 Å². The first-order valence-electron chi connectivity index (χ1n) is 8.07. The van der Waals surface area contributed by atoms with Crippen molar-refractivity contribution in [2.24, 2.45) is 0 Å². The Balaban J connectivity index is 2.33. The minimum absolute atomic E-state index is 0.0714. The third-order valence-electron chi connectivity index (χ3n) is 3.76. The zero-order valence-corrected chi connectivity index (χ0v) is 14.4.